The zero-order chi connectivity index (χ0) is 17.2. The van der Waals surface area contributed by atoms with Crippen LogP contribution < -0.4 is 4.74 Å². The molecular weight excluding hydrogens is 302 g/mol. The molecule has 0 atom stereocenters. The van der Waals surface area contributed by atoms with E-state index >= 15 is 0 Å². The normalized spacial score (nSPS) is 17.2. The second-order valence-electron chi connectivity index (χ2n) is 7.61. The van der Waals surface area contributed by atoms with Gasteiger partial charge in [0, 0.05) is 36.5 Å². The second-order valence-corrected chi connectivity index (χ2v) is 7.61. The van der Waals surface area contributed by atoms with Gasteiger partial charge in [0.2, 0.25) is 5.89 Å². The number of oxazole rings is 1. The van der Waals surface area contributed by atoms with Crippen LogP contribution >= 0.6 is 0 Å². The summed E-state index contributed by atoms with van der Waals surface area (Å²) in [4.78, 5) is 11.1. The number of piperidine rings is 1. The van der Waals surface area contributed by atoms with Crippen LogP contribution in [0, 0.1) is 6.92 Å². The van der Waals surface area contributed by atoms with Crippen LogP contribution in [-0.2, 0) is 12.0 Å². The molecule has 5 nitrogen and oxygen atoms in total. The summed E-state index contributed by atoms with van der Waals surface area (Å²) in [6, 6.07) is 1.95. The summed E-state index contributed by atoms with van der Waals surface area (Å²) >= 11 is 0. The van der Waals surface area contributed by atoms with Crippen LogP contribution in [0.3, 0.4) is 0 Å². The van der Waals surface area contributed by atoms with Gasteiger partial charge < -0.3 is 9.15 Å². The summed E-state index contributed by atoms with van der Waals surface area (Å²) < 4.78 is 11.8. The largest absolute Gasteiger partial charge is 0.490 e. The van der Waals surface area contributed by atoms with Crippen LogP contribution in [0.2, 0.25) is 0 Å². The Bertz CT molecular complexity index is 667. The Morgan fingerprint density at radius 3 is 2.67 bits per heavy atom. The highest BCUT2D eigenvalue weighted by Gasteiger charge is 2.24. The first-order valence-corrected chi connectivity index (χ1v) is 8.66. The lowest BCUT2D eigenvalue weighted by molar-refractivity contribution is 0.0912. The quantitative estimate of drug-likeness (QED) is 0.855. The van der Waals surface area contributed by atoms with Crippen molar-refractivity contribution in [2.24, 2.45) is 0 Å². The molecule has 0 radical (unpaired) electrons. The van der Waals surface area contributed by atoms with E-state index in [0.29, 0.717) is 0 Å². The van der Waals surface area contributed by atoms with Gasteiger partial charge >= 0.3 is 0 Å². The van der Waals surface area contributed by atoms with Crippen LogP contribution in [0.1, 0.15) is 50.8 Å². The van der Waals surface area contributed by atoms with Crippen molar-refractivity contribution in [3.63, 3.8) is 0 Å². The molecule has 0 unspecified atom stereocenters. The first-order valence-electron chi connectivity index (χ1n) is 8.66. The Morgan fingerprint density at radius 1 is 1.29 bits per heavy atom. The van der Waals surface area contributed by atoms with Crippen LogP contribution in [-0.4, -0.2) is 34.1 Å². The minimum absolute atomic E-state index is 0.0327. The first-order chi connectivity index (χ1) is 11.4. The molecule has 2 aromatic heterocycles. The fraction of sp³-hybridized carbons (Fsp3) is 0.579. The van der Waals surface area contributed by atoms with E-state index in [1.165, 1.54) is 0 Å². The van der Waals surface area contributed by atoms with Gasteiger partial charge in [-0.3, -0.25) is 9.88 Å². The van der Waals surface area contributed by atoms with Crippen molar-refractivity contribution in [2.45, 2.75) is 58.6 Å². The number of hydrogen-bond donors (Lipinski definition) is 0. The number of nitrogens with zero attached hydrogens (tertiary/aromatic N) is 3. The predicted molar refractivity (Wildman–Crippen MR) is 93.1 cm³/mol. The van der Waals surface area contributed by atoms with Crippen molar-refractivity contribution in [1.82, 2.24) is 14.9 Å². The van der Waals surface area contributed by atoms with E-state index < -0.39 is 0 Å². The van der Waals surface area contributed by atoms with Gasteiger partial charge in [0.15, 0.2) is 0 Å². The maximum absolute atomic E-state index is 6.13. The highest BCUT2D eigenvalue weighted by atomic mass is 16.5. The molecule has 0 N–H and O–H groups in total. The number of rotatable bonds is 4. The number of aryl methyl sites for hydroxylation is 1. The Labute approximate surface area is 144 Å². The third kappa shape index (κ3) is 4.15. The van der Waals surface area contributed by atoms with E-state index in [1.807, 2.05) is 19.2 Å². The van der Waals surface area contributed by atoms with Crippen molar-refractivity contribution < 1.29 is 9.15 Å². The summed E-state index contributed by atoms with van der Waals surface area (Å²) in [6.07, 6.45) is 7.74. The van der Waals surface area contributed by atoms with Gasteiger partial charge in [0.1, 0.15) is 18.1 Å². The average Bonchev–Trinajstić information content (AvgIpc) is 3.00. The van der Waals surface area contributed by atoms with Crippen LogP contribution in [0.4, 0.5) is 0 Å². The molecule has 0 spiro atoms. The van der Waals surface area contributed by atoms with Crippen LogP contribution in [0.25, 0.3) is 0 Å². The van der Waals surface area contributed by atoms with Crippen molar-refractivity contribution in [1.29, 1.82) is 0 Å². The van der Waals surface area contributed by atoms with Gasteiger partial charge in [-0.2, -0.15) is 0 Å². The Balaban J connectivity index is 1.50. The lowest BCUT2D eigenvalue weighted by Gasteiger charge is -2.31. The molecule has 5 heteroatoms. The number of hydrogen-bond acceptors (Lipinski definition) is 5. The maximum atomic E-state index is 6.13. The zero-order valence-electron chi connectivity index (χ0n) is 15.1. The Hall–Kier alpha value is -1.88. The first kappa shape index (κ1) is 17.0. The summed E-state index contributed by atoms with van der Waals surface area (Å²) in [5.41, 5.74) is 2.14. The van der Waals surface area contributed by atoms with Gasteiger partial charge in [-0.1, -0.05) is 20.8 Å². The number of aromatic nitrogens is 2. The Morgan fingerprint density at radius 2 is 2.04 bits per heavy atom. The van der Waals surface area contributed by atoms with Crippen molar-refractivity contribution >= 4 is 0 Å². The zero-order valence-corrected chi connectivity index (χ0v) is 15.1. The summed E-state index contributed by atoms with van der Waals surface area (Å²) in [5.74, 6) is 1.76. The standard InChI is InChI=1S/C19H27N3O2/c1-14-11-20-8-5-16(14)24-15-6-9-22(10-7-15)12-18-21-17(13-23-18)19(2,3)4/h5,8,11,13,15H,6-7,9-10,12H2,1-4H3. The van der Waals surface area contributed by atoms with Crippen LogP contribution in [0.5, 0.6) is 5.75 Å². The number of likely N-dealkylation sites (tertiary alicyclic amines) is 1. The fourth-order valence-electron chi connectivity index (χ4n) is 2.88. The molecule has 0 saturated carbocycles. The lowest BCUT2D eigenvalue weighted by atomic mass is 9.93. The van der Waals surface area contributed by atoms with E-state index in [2.05, 4.69) is 35.6 Å². The number of pyridine rings is 1. The maximum Gasteiger partial charge on any atom is 0.208 e. The molecule has 130 valence electrons. The van der Waals surface area contributed by atoms with Gasteiger partial charge in [-0.15, -0.1) is 0 Å². The molecule has 0 bridgehead atoms. The third-order valence-corrected chi connectivity index (χ3v) is 4.48. The molecular formula is C19H27N3O2. The molecule has 1 aliphatic rings. The summed E-state index contributed by atoms with van der Waals surface area (Å²) in [5, 5.41) is 0. The second kappa shape index (κ2) is 6.93. The van der Waals surface area contributed by atoms with E-state index in [1.54, 1.807) is 12.5 Å². The minimum atomic E-state index is 0.0327. The van der Waals surface area contributed by atoms with Gasteiger partial charge in [0.05, 0.1) is 12.2 Å². The average molecular weight is 329 g/mol. The van der Waals surface area contributed by atoms with Crippen molar-refractivity contribution in [3.8, 4) is 5.75 Å². The Kier molecular flexibility index (Phi) is 4.90. The molecule has 24 heavy (non-hydrogen) atoms. The smallest absolute Gasteiger partial charge is 0.208 e. The monoisotopic (exact) mass is 329 g/mol. The van der Waals surface area contributed by atoms with E-state index in [-0.39, 0.29) is 11.5 Å². The minimum Gasteiger partial charge on any atom is -0.490 e. The molecule has 1 fully saturated rings. The number of ether oxygens (including phenoxy) is 1. The van der Waals surface area contributed by atoms with Gasteiger partial charge in [0.25, 0.3) is 0 Å². The van der Waals surface area contributed by atoms with Gasteiger partial charge in [-0.05, 0) is 25.8 Å². The third-order valence-electron chi connectivity index (χ3n) is 4.48. The fourth-order valence-corrected chi connectivity index (χ4v) is 2.88. The molecule has 0 amide bonds. The lowest BCUT2D eigenvalue weighted by Crippen LogP contribution is -2.38. The molecule has 3 rings (SSSR count). The molecule has 3 heterocycles. The molecule has 0 aliphatic carbocycles. The molecule has 1 saturated heterocycles. The summed E-state index contributed by atoms with van der Waals surface area (Å²) in [6.45, 7) is 11.3. The molecule has 2 aromatic rings. The van der Waals surface area contributed by atoms with E-state index in [0.717, 1.165) is 55.4 Å². The topological polar surface area (TPSA) is 51.4 Å². The van der Waals surface area contributed by atoms with Gasteiger partial charge in [-0.25, -0.2) is 4.98 Å². The van der Waals surface area contributed by atoms with E-state index in [9.17, 15) is 0 Å². The highest BCUT2D eigenvalue weighted by molar-refractivity contribution is 5.28. The summed E-state index contributed by atoms with van der Waals surface area (Å²) in [7, 11) is 0. The van der Waals surface area contributed by atoms with Crippen LogP contribution in [0.15, 0.2) is 29.1 Å². The highest BCUT2D eigenvalue weighted by Crippen LogP contribution is 2.24. The van der Waals surface area contributed by atoms with Crippen molar-refractivity contribution in [3.05, 3.63) is 41.9 Å². The molecule has 1 aliphatic heterocycles. The van der Waals surface area contributed by atoms with E-state index in [4.69, 9.17) is 9.15 Å². The predicted octanol–water partition coefficient (Wildman–Crippen LogP) is 3.72. The molecule has 0 aromatic carbocycles. The van der Waals surface area contributed by atoms with Crippen molar-refractivity contribution in [2.75, 3.05) is 13.1 Å². The SMILES string of the molecule is Cc1cnccc1OC1CCN(Cc2nc(C(C)(C)C)co2)CC1.